The zero-order valence-corrected chi connectivity index (χ0v) is 9.78. The first-order valence-electron chi connectivity index (χ1n) is 3.32. The maximum atomic E-state index is 11.0. The zero-order chi connectivity index (χ0) is 10.1. The monoisotopic (exact) mass is 236 g/mol. The quantitative estimate of drug-likeness (QED) is 0.691. The number of carbonyl (C=O) groups excluding carboxylic acids is 2. The van der Waals surface area contributed by atoms with Gasteiger partial charge in [0.1, 0.15) is 0 Å². The van der Waals surface area contributed by atoms with Crippen LogP contribution in [-0.4, -0.2) is 10.5 Å². The Labute approximate surface area is 81.9 Å². The SMILES string of the molecule is N/C=C\PC(=O)PC(=O)P/C=C\N. The van der Waals surface area contributed by atoms with E-state index in [1.807, 2.05) is 0 Å². The molecule has 0 aromatic heterocycles. The average Bonchev–Trinajstić information content (AvgIpc) is 2.11. The first kappa shape index (κ1) is 12.7. The van der Waals surface area contributed by atoms with Crippen LogP contribution in [0.3, 0.4) is 0 Å². The summed E-state index contributed by atoms with van der Waals surface area (Å²) in [6.07, 6.45) is 2.63. The molecule has 0 saturated heterocycles. The van der Waals surface area contributed by atoms with Gasteiger partial charge in [0.2, 0.25) is 0 Å². The lowest BCUT2D eigenvalue weighted by Gasteiger charge is -1.94. The molecule has 0 amide bonds. The fraction of sp³-hybridized carbons (Fsp3) is 0. The molecule has 0 aliphatic heterocycles. The first-order chi connectivity index (χ1) is 6.20. The lowest BCUT2D eigenvalue weighted by molar-refractivity contribution is 0.273. The number of hydrogen-bond donors (Lipinski definition) is 2. The highest BCUT2D eigenvalue weighted by Crippen LogP contribution is 2.36. The minimum absolute atomic E-state index is 0.0000631. The molecule has 0 aromatic rings. The third-order valence-electron chi connectivity index (χ3n) is 0.848. The van der Waals surface area contributed by atoms with Crippen LogP contribution in [-0.2, 0) is 0 Å². The van der Waals surface area contributed by atoms with E-state index in [0.29, 0.717) is 0 Å². The van der Waals surface area contributed by atoms with E-state index in [-0.39, 0.29) is 36.3 Å². The van der Waals surface area contributed by atoms with Crippen LogP contribution in [0.2, 0.25) is 0 Å². The highest BCUT2D eigenvalue weighted by atomic mass is 31.2. The Morgan fingerprint density at radius 2 is 1.31 bits per heavy atom. The molecule has 2 atom stereocenters. The van der Waals surface area contributed by atoms with E-state index in [1.54, 1.807) is 11.6 Å². The van der Waals surface area contributed by atoms with Crippen molar-refractivity contribution in [2.75, 3.05) is 0 Å². The summed E-state index contributed by atoms with van der Waals surface area (Å²) >= 11 is 0. The van der Waals surface area contributed by atoms with E-state index in [4.69, 9.17) is 11.5 Å². The highest BCUT2D eigenvalue weighted by molar-refractivity contribution is 8.03. The Morgan fingerprint density at radius 3 is 1.62 bits per heavy atom. The molecule has 0 radical (unpaired) electrons. The van der Waals surface area contributed by atoms with Crippen LogP contribution in [0.5, 0.6) is 0 Å². The molecule has 0 aliphatic carbocycles. The largest absolute Gasteiger partial charge is 0.405 e. The molecule has 0 fully saturated rings. The highest BCUT2D eigenvalue weighted by Gasteiger charge is 2.05. The third-order valence-corrected chi connectivity index (χ3v) is 4.16. The molecule has 0 bridgehead atoms. The van der Waals surface area contributed by atoms with Crippen molar-refractivity contribution in [3.05, 3.63) is 24.0 Å². The van der Waals surface area contributed by atoms with Gasteiger partial charge in [-0.25, -0.2) is 0 Å². The smallest absolute Gasteiger partial charge is 0.181 e. The Kier molecular flexibility index (Phi) is 8.13. The second-order valence-corrected chi connectivity index (χ2v) is 6.10. The second-order valence-electron chi connectivity index (χ2n) is 1.79. The van der Waals surface area contributed by atoms with Crippen LogP contribution < -0.4 is 11.5 Å². The van der Waals surface area contributed by atoms with Crippen molar-refractivity contribution >= 4 is 36.3 Å². The molecule has 7 heteroatoms. The van der Waals surface area contributed by atoms with Gasteiger partial charge in [-0.05, 0) is 41.2 Å². The van der Waals surface area contributed by atoms with Crippen molar-refractivity contribution < 1.29 is 9.59 Å². The minimum atomic E-state index is -0.267. The van der Waals surface area contributed by atoms with Crippen LogP contribution in [0.25, 0.3) is 0 Å². The van der Waals surface area contributed by atoms with E-state index >= 15 is 0 Å². The van der Waals surface area contributed by atoms with Gasteiger partial charge in [0, 0.05) is 8.58 Å². The summed E-state index contributed by atoms with van der Waals surface area (Å²) < 4.78 is 0. The molecule has 13 heavy (non-hydrogen) atoms. The maximum absolute atomic E-state index is 11.0. The summed E-state index contributed by atoms with van der Waals surface area (Å²) in [4.78, 5) is 22.0. The van der Waals surface area contributed by atoms with Crippen LogP contribution in [0.15, 0.2) is 24.0 Å². The number of hydrogen-bond acceptors (Lipinski definition) is 4. The molecule has 72 valence electrons. The van der Waals surface area contributed by atoms with Gasteiger partial charge < -0.3 is 11.5 Å². The molecule has 0 aromatic carbocycles. The summed E-state index contributed by atoms with van der Waals surface area (Å²) in [6.45, 7) is 0. The molecule has 0 aliphatic rings. The molecule has 0 spiro atoms. The van der Waals surface area contributed by atoms with Crippen molar-refractivity contribution in [3.63, 3.8) is 0 Å². The first-order valence-corrected chi connectivity index (χ1v) is 6.47. The van der Waals surface area contributed by atoms with Crippen LogP contribution in [0.1, 0.15) is 0 Å². The van der Waals surface area contributed by atoms with E-state index in [1.165, 1.54) is 12.4 Å². The van der Waals surface area contributed by atoms with Crippen LogP contribution >= 0.6 is 25.7 Å². The molecule has 4 nitrogen and oxygen atoms in total. The summed E-state index contributed by atoms with van der Waals surface area (Å²) in [6, 6.07) is 0. The predicted molar refractivity (Wildman–Crippen MR) is 62.4 cm³/mol. The summed E-state index contributed by atoms with van der Waals surface area (Å²) in [5.41, 5.74) is 10.1. The third kappa shape index (κ3) is 8.05. The van der Waals surface area contributed by atoms with Gasteiger partial charge in [0.15, 0.2) is 10.5 Å². The van der Waals surface area contributed by atoms with Gasteiger partial charge in [-0.1, -0.05) is 0 Å². The Balaban J connectivity index is 3.71. The molecular formula is C6H11N2O2P3. The Morgan fingerprint density at radius 1 is 0.923 bits per heavy atom. The summed E-state index contributed by atoms with van der Waals surface area (Å²) in [5, 5.41) is -0.130. The lowest BCUT2D eigenvalue weighted by atomic mass is 11.1. The Bertz CT molecular complexity index is 216. The van der Waals surface area contributed by atoms with Gasteiger partial charge in [-0.15, -0.1) is 0 Å². The number of carbonyl (C=O) groups is 2. The Hall–Kier alpha value is -0.290. The van der Waals surface area contributed by atoms with Gasteiger partial charge in [-0.2, -0.15) is 0 Å². The van der Waals surface area contributed by atoms with Crippen molar-refractivity contribution in [1.29, 1.82) is 0 Å². The standard InChI is InChI=1S/C6H11N2O2P3/c7-1-3-11-5(9)13-6(10)12-4-2-8/h1-4,11-13H,7-8H2/b3-1-,4-2-. The number of nitrogens with two attached hydrogens (primary N) is 2. The number of rotatable bonds is 6. The average molecular weight is 236 g/mol. The van der Waals surface area contributed by atoms with Gasteiger partial charge in [0.25, 0.3) is 0 Å². The maximum Gasteiger partial charge on any atom is 0.181 e. The molecule has 0 rings (SSSR count). The van der Waals surface area contributed by atoms with Gasteiger partial charge in [-0.3, -0.25) is 9.59 Å². The summed E-state index contributed by atoms with van der Waals surface area (Å²) in [5.74, 6) is 3.12. The minimum Gasteiger partial charge on any atom is -0.405 e. The van der Waals surface area contributed by atoms with Crippen molar-refractivity contribution in [3.8, 4) is 0 Å². The van der Waals surface area contributed by atoms with Crippen molar-refractivity contribution in [2.45, 2.75) is 0 Å². The topological polar surface area (TPSA) is 86.2 Å². The molecule has 0 heterocycles. The molecule has 2 unspecified atom stereocenters. The molecular weight excluding hydrogens is 225 g/mol. The normalized spacial score (nSPS) is 13.8. The van der Waals surface area contributed by atoms with E-state index in [0.717, 1.165) is 0 Å². The van der Waals surface area contributed by atoms with E-state index in [9.17, 15) is 9.59 Å². The van der Waals surface area contributed by atoms with Crippen LogP contribution in [0, 0.1) is 0 Å². The van der Waals surface area contributed by atoms with E-state index < -0.39 is 0 Å². The zero-order valence-electron chi connectivity index (χ0n) is 6.78. The lowest BCUT2D eigenvalue weighted by Crippen LogP contribution is -1.80. The fourth-order valence-electron chi connectivity index (χ4n) is 0.423. The fourth-order valence-corrected chi connectivity index (χ4v) is 3.26. The molecule has 0 saturated carbocycles. The van der Waals surface area contributed by atoms with Crippen molar-refractivity contribution in [2.24, 2.45) is 11.5 Å². The van der Waals surface area contributed by atoms with Gasteiger partial charge >= 0.3 is 0 Å². The predicted octanol–water partition coefficient (Wildman–Crippen LogP) is 2.12. The van der Waals surface area contributed by atoms with E-state index in [2.05, 4.69) is 0 Å². The second kappa shape index (κ2) is 8.31. The van der Waals surface area contributed by atoms with Crippen LogP contribution in [0.4, 0.5) is 9.59 Å². The van der Waals surface area contributed by atoms with Gasteiger partial charge in [0.05, 0.1) is 0 Å². The summed E-state index contributed by atoms with van der Waals surface area (Å²) in [7, 11) is -0.267. The molecule has 4 N–H and O–H groups in total. The van der Waals surface area contributed by atoms with Crippen molar-refractivity contribution in [1.82, 2.24) is 0 Å².